The van der Waals surface area contributed by atoms with Crippen LogP contribution >= 0.6 is 0 Å². The summed E-state index contributed by atoms with van der Waals surface area (Å²) in [5.41, 5.74) is 7.92. The minimum absolute atomic E-state index is 0.253. The third-order valence-electron chi connectivity index (χ3n) is 2.84. The fourth-order valence-electron chi connectivity index (χ4n) is 2.06. The molecular formula is C15H22N2O2. The van der Waals surface area contributed by atoms with Gasteiger partial charge in [-0.25, -0.2) is 0 Å². The fourth-order valence-corrected chi connectivity index (χ4v) is 2.06. The zero-order valence-corrected chi connectivity index (χ0v) is 12.0. The van der Waals surface area contributed by atoms with Crippen molar-refractivity contribution in [3.63, 3.8) is 0 Å². The van der Waals surface area contributed by atoms with Crippen LogP contribution in [0.1, 0.15) is 41.8 Å². The minimum atomic E-state index is -0.617. The highest BCUT2D eigenvalue weighted by molar-refractivity contribution is 5.97. The molecule has 0 aromatic heterocycles. The van der Waals surface area contributed by atoms with E-state index in [0.717, 1.165) is 11.1 Å². The average Bonchev–Trinajstić information content (AvgIpc) is 2.25. The number of carbonyl (C=O) groups excluding carboxylic acids is 2. The molecule has 0 aliphatic heterocycles. The highest BCUT2D eigenvalue weighted by Crippen LogP contribution is 2.10. The Bertz CT molecular complexity index is 461. The molecule has 0 bridgehead atoms. The largest absolute Gasteiger partial charge is 0.368 e. The quantitative estimate of drug-likeness (QED) is 0.851. The SMILES string of the molecule is Cc1cc(C)cc(C(=O)N[C@H](CC(C)C)C(N)=O)c1. The van der Waals surface area contributed by atoms with E-state index in [9.17, 15) is 9.59 Å². The molecule has 0 aliphatic rings. The summed E-state index contributed by atoms with van der Waals surface area (Å²) in [7, 11) is 0. The highest BCUT2D eigenvalue weighted by Gasteiger charge is 2.20. The molecule has 0 fully saturated rings. The number of hydrogen-bond acceptors (Lipinski definition) is 2. The van der Waals surface area contributed by atoms with Gasteiger partial charge >= 0.3 is 0 Å². The number of benzene rings is 1. The lowest BCUT2D eigenvalue weighted by Gasteiger charge is -2.17. The van der Waals surface area contributed by atoms with Crippen LogP contribution in [0.15, 0.2) is 18.2 Å². The molecule has 1 aromatic rings. The topological polar surface area (TPSA) is 72.2 Å². The lowest BCUT2D eigenvalue weighted by Crippen LogP contribution is -2.45. The molecule has 1 rings (SSSR count). The molecule has 0 radical (unpaired) electrons. The first-order valence-electron chi connectivity index (χ1n) is 6.48. The molecule has 0 heterocycles. The predicted molar refractivity (Wildman–Crippen MR) is 75.8 cm³/mol. The van der Waals surface area contributed by atoms with Crippen LogP contribution < -0.4 is 11.1 Å². The number of amides is 2. The first kappa shape index (κ1) is 15.2. The monoisotopic (exact) mass is 262 g/mol. The molecule has 0 spiro atoms. The number of aryl methyl sites for hydroxylation is 2. The molecule has 0 saturated carbocycles. The number of nitrogens with two attached hydrogens (primary N) is 1. The Morgan fingerprint density at radius 1 is 1.16 bits per heavy atom. The molecule has 4 nitrogen and oxygen atoms in total. The number of hydrogen-bond donors (Lipinski definition) is 2. The zero-order valence-electron chi connectivity index (χ0n) is 12.0. The first-order valence-corrected chi connectivity index (χ1v) is 6.48. The van der Waals surface area contributed by atoms with E-state index in [1.807, 2.05) is 33.8 Å². The molecule has 0 saturated heterocycles. The number of rotatable bonds is 5. The van der Waals surface area contributed by atoms with Gasteiger partial charge in [-0.1, -0.05) is 31.0 Å². The van der Waals surface area contributed by atoms with Gasteiger partial charge in [0.25, 0.3) is 5.91 Å². The number of carbonyl (C=O) groups is 2. The minimum Gasteiger partial charge on any atom is -0.368 e. The van der Waals surface area contributed by atoms with Crippen molar-refractivity contribution in [2.24, 2.45) is 11.7 Å². The van der Waals surface area contributed by atoms with Crippen LogP contribution in [0.5, 0.6) is 0 Å². The van der Waals surface area contributed by atoms with Crippen molar-refractivity contribution < 1.29 is 9.59 Å². The molecule has 1 atom stereocenters. The van der Waals surface area contributed by atoms with Crippen LogP contribution in [0.25, 0.3) is 0 Å². The number of primary amides is 1. The van der Waals surface area contributed by atoms with Crippen molar-refractivity contribution in [1.82, 2.24) is 5.32 Å². The lowest BCUT2D eigenvalue weighted by atomic mass is 10.0. The summed E-state index contributed by atoms with van der Waals surface area (Å²) in [6.45, 7) is 7.84. The Morgan fingerprint density at radius 3 is 2.11 bits per heavy atom. The van der Waals surface area contributed by atoms with Gasteiger partial charge in [0.2, 0.25) is 5.91 Å². The van der Waals surface area contributed by atoms with E-state index < -0.39 is 11.9 Å². The van der Waals surface area contributed by atoms with Crippen LogP contribution in [-0.2, 0) is 4.79 Å². The molecule has 3 N–H and O–H groups in total. The van der Waals surface area contributed by atoms with Gasteiger partial charge in [0.05, 0.1) is 0 Å². The zero-order chi connectivity index (χ0) is 14.6. The fraction of sp³-hybridized carbons (Fsp3) is 0.467. The maximum Gasteiger partial charge on any atom is 0.251 e. The van der Waals surface area contributed by atoms with Gasteiger partial charge in [-0.15, -0.1) is 0 Å². The smallest absolute Gasteiger partial charge is 0.251 e. The number of nitrogens with one attached hydrogen (secondary N) is 1. The normalized spacial score (nSPS) is 12.3. The van der Waals surface area contributed by atoms with Crippen molar-refractivity contribution in [3.8, 4) is 0 Å². The summed E-state index contributed by atoms with van der Waals surface area (Å²) in [6, 6.07) is 4.98. The van der Waals surface area contributed by atoms with Gasteiger partial charge in [0.15, 0.2) is 0 Å². The lowest BCUT2D eigenvalue weighted by molar-refractivity contribution is -0.120. The Kier molecular flexibility index (Phi) is 5.10. The van der Waals surface area contributed by atoms with E-state index >= 15 is 0 Å². The van der Waals surface area contributed by atoms with Gasteiger partial charge in [-0.05, 0) is 38.3 Å². The summed E-state index contributed by atoms with van der Waals surface area (Å²) in [6.07, 6.45) is 0.547. The third kappa shape index (κ3) is 4.73. The van der Waals surface area contributed by atoms with Crippen LogP contribution in [-0.4, -0.2) is 17.9 Å². The van der Waals surface area contributed by atoms with Gasteiger partial charge in [-0.2, -0.15) is 0 Å². The van der Waals surface area contributed by atoms with Crippen molar-refractivity contribution in [2.45, 2.75) is 40.2 Å². The van der Waals surface area contributed by atoms with Crippen molar-refractivity contribution >= 4 is 11.8 Å². The second-order valence-corrected chi connectivity index (χ2v) is 5.43. The van der Waals surface area contributed by atoms with Crippen LogP contribution in [0.4, 0.5) is 0 Å². The van der Waals surface area contributed by atoms with Crippen molar-refractivity contribution in [2.75, 3.05) is 0 Å². The van der Waals surface area contributed by atoms with E-state index in [4.69, 9.17) is 5.73 Å². The average molecular weight is 262 g/mol. The summed E-state index contributed by atoms with van der Waals surface area (Å²) >= 11 is 0. The molecular weight excluding hydrogens is 240 g/mol. The Labute approximate surface area is 114 Å². The van der Waals surface area contributed by atoms with Gasteiger partial charge < -0.3 is 11.1 Å². The molecule has 104 valence electrons. The molecule has 0 unspecified atom stereocenters. The maximum atomic E-state index is 12.1. The molecule has 4 heteroatoms. The molecule has 19 heavy (non-hydrogen) atoms. The molecule has 2 amide bonds. The van der Waals surface area contributed by atoms with E-state index in [1.54, 1.807) is 12.1 Å². The summed E-state index contributed by atoms with van der Waals surface area (Å²) in [5.74, 6) is -0.459. The van der Waals surface area contributed by atoms with Gasteiger partial charge in [0, 0.05) is 5.56 Å². The van der Waals surface area contributed by atoms with Crippen LogP contribution in [0, 0.1) is 19.8 Å². The summed E-state index contributed by atoms with van der Waals surface area (Å²) < 4.78 is 0. The van der Waals surface area contributed by atoms with E-state index in [-0.39, 0.29) is 11.8 Å². The van der Waals surface area contributed by atoms with Gasteiger partial charge in [0.1, 0.15) is 6.04 Å². The van der Waals surface area contributed by atoms with Crippen molar-refractivity contribution in [3.05, 3.63) is 34.9 Å². The first-order chi connectivity index (χ1) is 8.79. The van der Waals surface area contributed by atoms with Crippen molar-refractivity contribution in [1.29, 1.82) is 0 Å². The molecule has 1 aromatic carbocycles. The highest BCUT2D eigenvalue weighted by atomic mass is 16.2. The van der Waals surface area contributed by atoms with Gasteiger partial charge in [-0.3, -0.25) is 9.59 Å². The van der Waals surface area contributed by atoms with E-state index in [1.165, 1.54) is 0 Å². The van der Waals surface area contributed by atoms with E-state index in [0.29, 0.717) is 12.0 Å². The van der Waals surface area contributed by atoms with Crippen LogP contribution in [0.3, 0.4) is 0 Å². The van der Waals surface area contributed by atoms with Crippen LogP contribution in [0.2, 0.25) is 0 Å². The Hall–Kier alpha value is -1.84. The summed E-state index contributed by atoms with van der Waals surface area (Å²) in [5, 5.41) is 2.71. The predicted octanol–water partition coefficient (Wildman–Crippen LogP) is 1.93. The summed E-state index contributed by atoms with van der Waals surface area (Å²) in [4.78, 5) is 23.5. The maximum absolute atomic E-state index is 12.1. The molecule has 0 aliphatic carbocycles. The van der Waals surface area contributed by atoms with E-state index in [2.05, 4.69) is 5.32 Å². The Balaban J connectivity index is 2.84. The standard InChI is InChI=1S/C15H22N2O2/c1-9(2)5-13(14(16)18)17-15(19)12-7-10(3)6-11(4)8-12/h6-9,13H,5H2,1-4H3,(H2,16,18)(H,17,19)/t13-/m1/s1. The third-order valence-corrected chi connectivity index (χ3v) is 2.84. The Morgan fingerprint density at radius 2 is 1.68 bits per heavy atom. The second-order valence-electron chi connectivity index (χ2n) is 5.43. The second kappa shape index (κ2) is 6.36.